The summed E-state index contributed by atoms with van der Waals surface area (Å²) in [5.41, 5.74) is 0. The van der Waals surface area contributed by atoms with Gasteiger partial charge in [0.1, 0.15) is 54.9 Å². The van der Waals surface area contributed by atoms with Gasteiger partial charge in [-0.05, 0) is 20.0 Å². The fourth-order valence-corrected chi connectivity index (χ4v) is 4.27. The summed E-state index contributed by atoms with van der Waals surface area (Å²) in [6, 6.07) is 0. The molecule has 14 atom stereocenters. The zero-order chi connectivity index (χ0) is 26.7. The Morgan fingerprint density at radius 2 is 1.14 bits per heavy atom. The van der Waals surface area contributed by atoms with Gasteiger partial charge in [0.25, 0.3) is 0 Å². The molecule has 0 bridgehead atoms. The number of aliphatic hydroxyl groups excluding tert-OH is 9. The minimum absolute atomic E-state index is 0. The average molecular weight is 716 g/mol. The molecule has 9 N–H and O–H groups in total. The summed E-state index contributed by atoms with van der Waals surface area (Å²) in [5, 5.41) is 90.9. The molecule has 3 fully saturated rings. The normalized spacial score (nSPS) is 47.0. The van der Waals surface area contributed by atoms with E-state index in [-0.39, 0.29) is 26.5 Å². The largest absolute Gasteiger partial charge is 0.422 e. The third kappa shape index (κ3) is 7.63. The predicted molar refractivity (Wildman–Crippen MR) is 114 cm³/mol. The zero-order valence-electron chi connectivity index (χ0n) is 20.2. The van der Waals surface area contributed by atoms with Crippen LogP contribution in [0.4, 0.5) is 0 Å². The molecular weight excluding hydrogens is 678 g/mol. The molecule has 0 saturated carbocycles. The number of hydrogen-bond acceptors (Lipinski definition) is 15. The molecule has 0 aliphatic carbocycles. The van der Waals surface area contributed by atoms with Gasteiger partial charge in [-0.15, -0.1) is 0 Å². The van der Waals surface area contributed by atoms with Crippen molar-refractivity contribution < 1.29 is 94.8 Å². The van der Waals surface area contributed by atoms with Gasteiger partial charge in [-0.1, -0.05) is 0 Å². The molecule has 3 aliphatic heterocycles. The van der Waals surface area contributed by atoms with Crippen LogP contribution in [-0.4, -0.2) is 158 Å². The fourth-order valence-electron chi connectivity index (χ4n) is 4.27. The SMILES string of the molecule is CC(C)O[C@@H]1O[C@H](CO)[C@@H](O[C@@H]2O[C@H](CO)[C@@H](OC3[CH-][C@@H](O)[C@@H](O)[C@@H](CO)O3)[C@H](O)[C@H]2O)[C@H](O)[C@H]1O.[Re]. The first-order valence-corrected chi connectivity index (χ1v) is 11.7. The molecule has 37 heavy (non-hydrogen) atoms. The van der Waals surface area contributed by atoms with Gasteiger partial charge >= 0.3 is 0 Å². The van der Waals surface area contributed by atoms with Crippen molar-refractivity contribution in [2.75, 3.05) is 19.8 Å². The summed E-state index contributed by atoms with van der Waals surface area (Å²) in [5.74, 6) is 0. The molecule has 0 aromatic carbocycles. The summed E-state index contributed by atoms with van der Waals surface area (Å²) in [7, 11) is 0. The van der Waals surface area contributed by atoms with Crippen LogP contribution in [0.25, 0.3) is 0 Å². The van der Waals surface area contributed by atoms with Crippen LogP contribution in [0, 0.1) is 6.42 Å². The second-order valence-corrected chi connectivity index (χ2v) is 9.20. The minimum Gasteiger partial charge on any atom is -0.422 e. The van der Waals surface area contributed by atoms with Crippen molar-refractivity contribution in [3.05, 3.63) is 6.42 Å². The van der Waals surface area contributed by atoms with Crippen molar-refractivity contribution >= 4 is 0 Å². The summed E-state index contributed by atoms with van der Waals surface area (Å²) < 4.78 is 32.9. The van der Waals surface area contributed by atoms with E-state index in [1.165, 1.54) is 0 Å². The molecule has 15 nitrogen and oxygen atoms in total. The van der Waals surface area contributed by atoms with E-state index in [0.717, 1.165) is 6.42 Å². The van der Waals surface area contributed by atoms with Crippen molar-refractivity contribution in [3.8, 4) is 0 Å². The molecule has 0 aromatic rings. The third-order valence-electron chi connectivity index (χ3n) is 6.20. The summed E-state index contributed by atoms with van der Waals surface area (Å²) in [6.07, 6.45) is -19.7. The molecule has 0 aromatic heterocycles. The van der Waals surface area contributed by atoms with Crippen LogP contribution in [0.5, 0.6) is 0 Å². The van der Waals surface area contributed by atoms with E-state index >= 15 is 0 Å². The summed E-state index contributed by atoms with van der Waals surface area (Å²) >= 11 is 0. The van der Waals surface area contributed by atoms with Crippen molar-refractivity contribution in [1.29, 1.82) is 0 Å². The number of aliphatic hydroxyl groups is 9. The number of rotatable bonds is 9. The second-order valence-electron chi connectivity index (χ2n) is 9.20. The van der Waals surface area contributed by atoms with E-state index in [0.29, 0.717) is 0 Å². The van der Waals surface area contributed by atoms with E-state index in [4.69, 9.17) is 28.4 Å². The maximum atomic E-state index is 10.7. The van der Waals surface area contributed by atoms with E-state index < -0.39 is 106 Å². The van der Waals surface area contributed by atoms with Gasteiger partial charge in [-0.3, -0.25) is 0 Å². The minimum atomic E-state index is -1.81. The average Bonchev–Trinajstić information content (AvgIpc) is 2.84. The summed E-state index contributed by atoms with van der Waals surface area (Å²) in [4.78, 5) is 0. The van der Waals surface area contributed by atoms with Gasteiger partial charge < -0.3 is 74.4 Å². The van der Waals surface area contributed by atoms with Gasteiger partial charge in [-0.2, -0.15) is 0 Å². The molecule has 3 aliphatic rings. The Kier molecular flexibility index (Phi) is 13.1. The second kappa shape index (κ2) is 14.6. The van der Waals surface area contributed by atoms with Gasteiger partial charge in [0.05, 0.1) is 32.0 Å². The Hall–Kier alpha value is 0.0623. The van der Waals surface area contributed by atoms with Crippen LogP contribution < -0.4 is 0 Å². The van der Waals surface area contributed by atoms with Gasteiger partial charge in [0.15, 0.2) is 12.6 Å². The molecule has 0 amide bonds. The molecule has 219 valence electrons. The third-order valence-corrected chi connectivity index (χ3v) is 6.20. The van der Waals surface area contributed by atoms with Crippen LogP contribution in [0.2, 0.25) is 0 Å². The maximum Gasteiger partial charge on any atom is 0.187 e. The first-order chi connectivity index (χ1) is 17.0. The van der Waals surface area contributed by atoms with Gasteiger partial charge in [-0.25, -0.2) is 6.42 Å². The molecule has 0 spiro atoms. The maximum absolute atomic E-state index is 10.7. The summed E-state index contributed by atoms with van der Waals surface area (Å²) in [6.45, 7) is 1.36. The number of hydrogen-bond donors (Lipinski definition) is 9. The van der Waals surface area contributed by atoms with E-state index in [1.54, 1.807) is 13.8 Å². The van der Waals surface area contributed by atoms with Crippen LogP contribution >= 0.6 is 0 Å². The quantitative estimate of drug-likeness (QED) is 0.101. The Balaban J connectivity index is 0.00000481. The van der Waals surface area contributed by atoms with Crippen molar-refractivity contribution in [2.24, 2.45) is 0 Å². The van der Waals surface area contributed by atoms with E-state index in [9.17, 15) is 46.0 Å². The van der Waals surface area contributed by atoms with Crippen LogP contribution in [-0.2, 0) is 48.8 Å². The topological polar surface area (TPSA) is 237 Å². The van der Waals surface area contributed by atoms with Crippen LogP contribution in [0.3, 0.4) is 0 Å². The predicted octanol–water partition coefficient (Wildman–Crippen LogP) is -5.30. The monoisotopic (exact) mass is 716 g/mol. The standard InChI is InChI=1S/C21H37O15.Re/c1-7(2)31-20-16(29)15(28)19(11(6-24)33-20)36-21-17(30)14(27)18(10(5-23)34-21)35-12-3-8(25)13(26)9(4-22)32-12;/h3,7-30H,4-6H2,1-2H3;/q-1;/t8-,9-,10-,11-,12?,13-,14-,15-,16-,17-,18-,19-,20-,21+;/m1./s1. The fraction of sp³-hybridized carbons (Fsp3) is 0.952. The van der Waals surface area contributed by atoms with Crippen molar-refractivity contribution in [1.82, 2.24) is 0 Å². The molecule has 3 saturated heterocycles. The van der Waals surface area contributed by atoms with Crippen LogP contribution in [0.15, 0.2) is 0 Å². The molecule has 16 heteroatoms. The Morgan fingerprint density at radius 1 is 0.649 bits per heavy atom. The molecule has 1 radical (unpaired) electrons. The smallest absolute Gasteiger partial charge is 0.187 e. The molecule has 1 unspecified atom stereocenters. The first-order valence-electron chi connectivity index (χ1n) is 11.7. The molecule has 3 heterocycles. The Labute approximate surface area is 227 Å². The van der Waals surface area contributed by atoms with Crippen molar-refractivity contribution in [2.45, 2.75) is 106 Å². The van der Waals surface area contributed by atoms with Crippen molar-refractivity contribution in [3.63, 3.8) is 0 Å². The Bertz CT molecular complexity index is 672. The Morgan fingerprint density at radius 3 is 1.65 bits per heavy atom. The molecule has 3 rings (SSSR count). The van der Waals surface area contributed by atoms with E-state index in [2.05, 4.69) is 0 Å². The van der Waals surface area contributed by atoms with Gasteiger partial charge in [0, 0.05) is 26.7 Å². The number of ether oxygens (including phenoxy) is 6. The first kappa shape index (κ1) is 33.3. The zero-order valence-corrected chi connectivity index (χ0v) is 22.9. The van der Waals surface area contributed by atoms with Gasteiger partial charge in [0.2, 0.25) is 0 Å². The molecular formula is C21H37O15Re-. The van der Waals surface area contributed by atoms with Crippen LogP contribution in [0.1, 0.15) is 13.8 Å². The van der Waals surface area contributed by atoms with E-state index in [1.807, 2.05) is 0 Å².